The zero-order valence-electron chi connectivity index (χ0n) is 14.1. The third kappa shape index (κ3) is 2.67. The van der Waals surface area contributed by atoms with Gasteiger partial charge in [0.25, 0.3) is 0 Å². The number of aryl methyl sites for hydroxylation is 1. The van der Waals surface area contributed by atoms with Crippen LogP contribution in [0.2, 0.25) is 0 Å². The molecule has 0 radical (unpaired) electrons. The van der Waals surface area contributed by atoms with Crippen LogP contribution in [0.4, 0.5) is 0 Å². The van der Waals surface area contributed by atoms with Gasteiger partial charge in [-0.3, -0.25) is 0 Å². The van der Waals surface area contributed by atoms with Crippen LogP contribution in [0.1, 0.15) is 39.1 Å². The highest BCUT2D eigenvalue weighted by atomic mass is 16.7. The number of nitriles is 1. The van der Waals surface area contributed by atoms with Crippen LogP contribution in [0, 0.1) is 18.3 Å². The molecule has 0 bridgehead atoms. The maximum Gasteiger partial charge on any atom is 0.494 e. The summed E-state index contributed by atoms with van der Waals surface area (Å²) in [6, 6.07) is 7.85. The highest BCUT2D eigenvalue weighted by Gasteiger charge is 2.51. The Balaban J connectivity index is 2.05. The van der Waals surface area contributed by atoms with E-state index < -0.39 is 18.3 Å². The van der Waals surface area contributed by atoms with Crippen LogP contribution in [0.25, 0.3) is 5.69 Å². The molecule has 0 saturated carbocycles. The van der Waals surface area contributed by atoms with Gasteiger partial charge in [0.1, 0.15) is 5.82 Å². The van der Waals surface area contributed by atoms with Crippen molar-refractivity contribution in [2.45, 2.75) is 45.8 Å². The number of benzene rings is 1. The minimum atomic E-state index is -0.490. The third-order valence-corrected chi connectivity index (χ3v) is 4.70. The molecule has 118 valence electrons. The standard InChI is InChI=1S/C17H20BN3O2/c1-12-20-6-7-21(12)15-9-13(11-19)8-14(10-15)18-22-16(2,3)17(4,5)23-18/h6-10H,1-5H3. The van der Waals surface area contributed by atoms with E-state index in [-0.39, 0.29) is 0 Å². The first-order valence-corrected chi connectivity index (χ1v) is 7.64. The smallest absolute Gasteiger partial charge is 0.399 e. The van der Waals surface area contributed by atoms with Crippen molar-refractivity contribution < 1.29 is 9.31 Å². The highest BCUT2D eigenvalue weighted by molar-refractivity contribution is 6.62. The van der Waals surface area contributed by atoms with E-state index in [4.69, 9.17) is 9.31 Å². The minimum absolute atomic E-state index is 0.411. The van der Waals surface area contributed by atoms with Gasteiger partial charge in [-0.1, -0.05) is 0 Å². The van der Waals surface area contributed by atoms with Gasteiger partial charge in [0, 0.05) is 18.1 Å². The van der Waals surface area contributed by atoms with Crippen molar-refractivity contribution in [2.75, 3.05) is 0 Å². The van der Waals surface area contributed by atoms with Gasteiger partial charge in [-0.25, -0.2) is 4.98 Å². The Bertz CT molecular complexity index is 773. The number of nitrogens with zero attached hydrogens (tertiary/aromatic N) is 3. The second kappa shape index (κ2) is 5.22. The monoisotopic (exact) mass is 309 g/mol. The predicted octanol–water partition coefficient (Wildman–Crippen LogP) is 2.35. The summed E-state index contributed by atoms with van der Waals surface area (Å²) in [5.41, 5.74) is 1.46. The SMILES string of the molecule is Cc1nccn1-c1cc(C#N)cc(B2OC(C)(C)C(C)(C)O2)c1. The number of hydrogen-bond donors (Lipinski definition) is 0. The molecule has 1 aliphatic rings. The summed E-state index contributed by atoms with van der Waals surface area (Å²) >= 11 is 0. The molecule has 0 amide bonds. The summed E-state index contributed by atoms with van der Waals surface area (Å²) < 4.78 is 14.1. The second-order valence-electron chi connectivity index (χ2n) is 6.86. The first-order chi connectivity index (χ1) is 10.7. The predicted molar refractivity (Wildman–Crippen MR) is 88.7 cm³/mol. The summed E-state index contributed by atoms with van der Waals surface area (Å²) in [7, 11) is -0.490. The molecule has 2 heterocycles. The van der Waals surface area contributed by atoms with Gasteiger partial charge in [-0.05, 0) is 58.3 Å². The first-order valence-electron chi connectivity index (χ1n) is 7.64. The zero-order valence-corrected chi connectivity index (χ0v) is 14.1. The van der Waals surface area contributed by atoms with Gasteiger partial charge in [-0.2, -0.15) is 5.26 Å². The summed E-state index contributed by atoms with van der Waals surface area (Å²) in [6.45, 7) is 9.99. The van der Waals surface area contributed by atoms with Crippen LogP contribution in [0.5, 0.6) is 0 Å². The van der Waals surface area contributed by atoms with Gasteiger partial charge in [0.2, 0.25) is 0 Å². The van der Waals surface area contributed by atoms with E-state index in [0.29, 0.717) is 5.56 Å². The van der Waals surface area contributed by atoms with E-state index in [2.05, 4.69) is 11.1 Å². The molecule has 1 aliphatic heterocycles. The van der Waals surface area contributed by atoms with Gasteiger partial charge in [-0.15, -0.1) is 0 Å². The Kier molecular flexibility index (Phi) is 3.59. The topological polar surface area (TPSA) is 60.1 Å². The molecular formula is C17H20BN3O2. The average Bonchev–Trinajstić information content (AvgIpc) is 2.99. The lowest BCUT2D eigenvalue weighted by molar-refractivity contribution is 0.00578. The Morgan fingerprint density at radius 2 is 1.78 bits per heavy atom. The van der Waals surface area contributed by atoms with E-state index in [1.54, 1.807) is 6.20 Å². The lowest BCUT2D eigenvalue weighted by atomic mass is 9.78. The average molecular weight is 309 g/mol. The quantitative estimate of drug-likeness (QED) is 0.799. The fraction of sp³-hybridized carbons (Fsp3) is 0.412. The Morgan fingerprint density at radius 3 is 2.30 bits per heavy atom. The lowest BCUT2D eigenvalue weighted by Gasteiger charge is -2.32. The zero-order chi connectivity index (χ0) is 16.8. The van der Waals surface area contributed by atoms with Crippen LogP contribution in [-0.4, -0.2) is 27.9 Å². The summed E-state index contributed by atoms with van der Waals surface area (Å²) in [4.78, 5) is 4.24. The fourth-order valence-electron chi connectivity index (χ4n) is 2.60. The number of rotatable bonds is 2. The first kappa shape index (κ1) is 15.8. The molecule has 0 unspecified atom stereocenters. The molecule has 5 nitrogen and oxygen atoms in total. The van der Waals surface area contributed by atoms with Crippen LogP contribution in [0.3, 0.4) is 0 Å². The van der Waals surface area contributed by atoms with Crippen molar-refractivity contribution in [1.29, 1.82) is 5.26 Å². The third-order valence-electron chi connectivity index (χ3n) is 4.70. The molecule has 0 spiro atoms. The van der Waals surface area contributed by atoms with Crippen molar-refractivity contribution in [1.82, 2.24) is 9.55 Å². The maximum atomic E-state index is 9.34. The van der Waals surface area contributed by atoms with Crippen molar-refractivity contribution in [2.24, 2.45) is 0 Å². The van der Waals surface area contributed by atoms with Gasteiger partial charge >= 0.3 is 7.12 Å². The van der Waals surface area contributed by atoms with E-state index in [1.807, 2.05) is 63.6 Å². The minimum Gasteiger partial charge on any atom is -0.399 e. The van der Waals surface area contributed by atoms with Crippen molar-refractivity contribution >= 4 is 12.6 Å². The molecule has 1 saturated heterocycles. The molecule has 1 aromatic heterocycles. The number of imidazole rings is 1. The normalized spacial score (nSPS) is 18.9. The molecular weight excluding hydrogens is 289 g/mol. The van der Waals surface area contributed by atoms with E-state index in [9.17, 15) is 5.26 Å². The Labute approximate surface area is 137 Å². The van der Waals surface area contributed by atoms with Crippen LogP contribution in [-0.2, 0) is 9.31 Å². The molecule has 6 heteroatoms. The molecule has 2 aromatic rings. The Hall–Kier alpha value is -2.10. The molecule has 0 atom stereocenters. The summed E-state index contributed by atoms with van der Waals surface area (Å²) in [5.74, 6) is 0.861. The summed E-state index contributed by atoms with van der Waals surface area (Å²) in [5, 5.41) is 9.34. The molecule has 1 fully saturated rings. The van der Waals surface area contributed by atoms with Crippen molar-refractivity contribution in [3.63, 3.8) is 0 Å². The molecule has 1 aromatic carbocycles. The second-order valence-corrected chi connectivity index (χ2v) is 6.86. The molecule has 23 heavy (non-hydrogen) atoms. The van der Waals surface area contributed by atoms with Gasteiger partial charge in [0.15, 0.2) is 0 Å². The van der Waals surface area contributed by atoms with Crippen LogP contribution < -0.4 is 5.46 Å². The summed E-state index contributed by atoms with van der Waals surface area (Å²) in [6.07, 6.45) is 3.61. The van der Waals surface area contributed by atoms with Crippen LogP contribution in [0.15, 0.2) is 30.6 Å². The number of aromatic nitrogens is 2. The molecule has 3 rings (SSSR count). The highest BCUT2D eigenvalue weighted by Crippen LogP contribution is 2.36. The molecule has 0 aliphatic carbocycles. The van der Waals surface area contributed by atoms with Crippen molar-refractivity contribution in [3.8, 4) is 11.8 Å². The van der Waals surface area contributed by atoms with E-state index in [0.717, 1.165) is 17.0 Å². The van der Waals surface area contributed by atoms with Gasteiger partial charge in [0.05, 0.1) is 22.8 Å². The fourth-order valence-corrected chi connectivity index (χ4v) is 2.60. The van der Waals surface area contributed by atoms with Gasteiger partial charge < -0.3 is 13.9 Å². The maximum absolute atomic E-state index is 9.34. The van der Waals surface area contributed by atoms with E-state index in [1.165, 1.54) is 0 Å². The molecule has 0 N–H and O–H groups in total. The van der Waals surface area contributed by atoms with E-state index >= 15 is 0 Å². The Morgan fingerprint density at radius 1 is 1.13 bits per heavy atom. The number of hydrogen-bond acceptors (Lipinski definition) is 4. The largest absolute Gasteiger partial charge is 0.494 e. The van der Waals surface area contributed by atoms with Crippen molar-refractivity contribution in [3.05, 3.63) is 42.0 Å². The lowest BCUT2D eigenvalue weighted by Crippen LogP contribution is -2.41. The van der Waals surface area contributed by atoms with Crippen LogP contribution >= 0.6 is 0 Å².